The van der Waals surface area contributed by atoms with Gasteiger partial charge in [0.05, 0.1) is 4.91 Å². The van der Waals surface area contributed by atoms with Gasteiger partial charge in [0.2, 0.25) is 0 Å². The van der Waals surface area contributed by atoms with Gasteiger partial charge in [-0.25, -0.2) is 4.39 Å². The van der Waals surface area contributed by atoms with E-state index in [2.05, 4.69) is 10.9 Å². The standard InChI is InChI=1S/C22H18FN3O3S2/c1-14(11-15-5-3-2-4-6-15)12-18-21(29)26(22(30)31-18)13-19(27)24-25-20(28)16-7-9-17(23)10-8-16/h2-12H,13H2,1H3,(H,24,27)(H,25,28)/b14-11+,18-12-. The third-order valence-electron chi connectivity index (χ3n) is 4.15. The molecular formula is C22H18FN3O3S2. The summed E-state index contributed by atoms with van der Waals surface area (Å²) in [6, 6.07) is 14.5. The Kier molecular flexibility index (Phi) is 7.32. The fraction of sp³-hybridized carbons (Fsp3) is 0.0909. The van der Waals surface area contributed by atoms with Crippen LogP contribution < -0.4 is 10.9 Å². The molecule has 1 aliphatic rings. The Labute approximate surface area is 188 Å². The fourth-order valence-corrected chi connectivity index (χ4v) is 3.98. The molecule has 2 aromatic rings. The van der Waals surface area contributed by atoms with Crippen LogP contribution in [0.25, 0.3) is 6.08 Å². The minimum absolute atomic E-state index is 0.177. The number of thiocarbonyl (C=S) groups is 1. The van der Waals surface area contributed by atoms with Crippen molar-refractivity contribution in [3.05, 3.63) is 88.1 Å². The van der Waals surface area contributed by atoms with E-state index >= 15 is 0 Å². The van der Waals surface area contributed by atoms with Gasteiger partial charge in [0.15, 0.2) is 0 Å². The predicted octanol–water partition coefficient (Wildman–Crippen LogP) is 3.43. The van der Waals surface area contributed by atoms with Crippen molar-refractivity contribution in [3.8, 4) is 0 Å². The number of carbonyl (C=O) groups is 3. The lowest BCUT2D eigenvalue weighted by molar-refractivity contribution is -0.129. The number of halogens is 1. The second-order valence-corrected chi connectivity index (χ2v) is 8.25. The highest BCUT2D eigenvalue weighted by atomic mass is 32.2. The van der Waals surface area contributed by atoms with Crippen molar-refractivity contribution in [2.45, 2.75) is 6.92 Å². The van der Waals surface area contributed by atoms with E-state index in [9.17, 15) is 18.8 Å². The first-order chi connectivity index (χ1) is 14.8. The summed E-state index contributed by atoms with van der Waals surface area (Å²) in [5.74, 6) is -2.09. The number of carbonyl (C=O) groups excluding carboxylic acids is 3. The number of nitrogens with zero attached hydrogens (tertiary/aromatic N) is 1. The zero-order valence-electron chi connectivity index (χ0n) is 16.4. The van der Waals surface area contributed by atoms with E-state index in [0.717, 1.165) is 35.0 Å². The van der Waals surface area contributed by atoms with Crippen molar-refractivity contribution in [1.29, 1.82) is 0 Å². The first-order valence-electron chi connectivity index (χ1n) is 9.17. The van der Waals surface area contributed by atoms with Gasteiger partial charge in [-0.1, -0.05) is 60.4 Å². The molecule has 0 saturated carbocycles. The molecule has 6 nitrogen and oxygen atoms in total. The Hall–Kier alpha value is -3.30. The van der Waals surface area contributed by atoms with Crippen LogP contribution in [0.15, 0.2) is 71.2 Å². The summed E-state index contributed by atoms with van der Waals surface area (Å²) in [5.41, 5.74) is 6.49. The lowest BCUT2D eigenvalue weighted by atomic mass is 10.1. The zero-order valence-corrected chi connectivity index (χ0v) is 18.1. The van der Waals surface area contributed by atoms with Gasteiger partial charge >= 0.3 is 0 Å². The van der Waals surface area contributed by atoms with Crippen LogP contribution >= 0.6 is 24.0 Å². The monoisotopic (exact) mass is 455 g/mol. The summed E-state index contributed by atoms with van der Waals surface area (Å²) in [5, 5.41) is 0. The number of benzene rings is 2. The summed E-state index contributed by atoms with van der Waals surface area (Å²) >= 11 is 6.34. The summed E-state index contributed by atoms with van der Waals surface area (Å²) in [7, 11) is 0. The van der Waals surface area contributed by atoms with E-state index in [0.29, 0.717) is 4.91 Å². The molecule has 3 rings (SSSR count). The quantitative estimate of drug-likeness (QED) is 0.410. The number of hydrazine groups is 1. The van der Waals surface area contributed by atoms with Gasteiger partial charge in [0.1, 0.15) is 16.7 Å². The molecule has 9 heteroatoms. The molecule has 0 spiro atoms. The second kappa shape index (κ2) is 10.1. The maximum atomic E-state index is 12.9. The molecule has 1 fully saturated rings. The lowest BCUT2D eigenvalue weighted by Crippen LogP contribution is -2.47. The van der Waals surface area contributed by atoms with E-state index in [1.165, 1.54) is 17.0 Å². The Balaban J connectivity index is 1.58. The molecule has 0 unspecified atom stereocenters. The van der Waals surface area contributed by atoms with Crippen LogP contribution in [0.2, 0.25) is 0 Å². The molecular weight excluding hydrogens is 437 g/mol. The van der Waals surface area contributed by atoms with E-state index in [1.807, 2.05) is 43.3 Å². The van der Waals surface area contributed by atoms with Crippen LogP contribution in [0.1, 0.15) is 22.8 Å². The van der Waals surface area contributed by atoms with Crippen LogP contribution in [0, 0.1) is 5.82 Å². The minimum Gasteiger partial charge on any atom is -0.283 e. The third-order valence-corrected chi connectivity index (χ3v) is 5.53. The highest BCUT2D eigenvalue weighted by Crippen LogP contribution is 2.31. The van der Waals surface area contributed by atoms with Gasteiger partial charge in [-0.2, -0.15) is 0 Å². The SMILES string of the molecule is CC(/C=C1\SC(=S)N(CC(=O)NNC(=O)c2ccc(F)cc2)C1=O)=C\c1ccccc1. The molecule has 158 valence electrons. The maximum Gasteiger partial charge on any atom is 0.269 e. The van der Waals surface area contributed by atoms with Gasteiger partial charge in [-0.15, -0.1) is 0 Å². The Morgan fingerprint density at radius 1 is 1.10 bits per heavy atom. The van der Waals surface area contributed by atoms with Crippen LogP contribution in [0.4, 0.5) is 4.39 Å². The number of rotatable bonds is 5. The summed E-state index contributed by atoms with van der Waals surface area (Å²) in [4.78, 5) is 38.4. The smallest absolute Gasteiger partial charge is 0.269 e. The Bertz CT molecular complexity index is 1080. The average Bonchev–Trinajstić information content (AvgIpc) is 3.00. The van der Waals surface area contributed by atoms with Crippen molar-refractivity contribution in [2.75, 3.05) is 6.54 Å². The average molecular weight is 456 g/mol. The Morgan fingerprint density at radius 3 is 2.45 bits per heavy atom. The first kappa shape index (κ1) is 22.4. The molecule has 0 aliphatic carbocycles. The number of hydrogen-bond acceptors (Lipinski definition) is 5. The summed E-state index contributed by atoms with van der Waals surface area (Å²) in [6.45, 7) is 1.53. The van der Waals surface area contributed by atoms with E-state index < -0.39 is 17.6 Å². The van der Waals surface area contributed by atoms with E-state index in [1.54, 1.807) is 6.08 Å². The fourth-order valence-electron chi connectivity index (χ4n) is 2.68. The minimum atomic E-state index is -0.621. The molecule has 3 amide bonds. The third kappa shape index (κ3) is 6.09. The molecule has 0 bridgehead atoms. The van der Waals surface area contributed by atoms with Crippen LogP contribution in [0.3, 0.4) is 0 Å². The second-order valence-electron chi connectivity index (χ2n) is 6.58. The molecule has 0 radical (unpaired) electrons. The highest BCUT2D eigenvalue weighted by molar-refractivity contribution is 8.26. The van der Waals surface area contributed by atoms with Crippen LogP contribution in [-0.2, 0) is 9.59 Å². The van der Waals surface area contributed by atoms with E-state index in [-0.39, 0.29) is 22.3 Å². The maximum absolute atomic E-state index is 12.9. The molecule has 2 aromatic carbocycles. The number of nitrogens with one attached hydrogen (secondary N) is 2. The molecule has 1 saturated heterocycles. The van der Waals surface area contributed by atoms with Gasteiger partial charge in [0.25, 0.3) is 17.7 Å². The van der Waals surface area contributed by atoms with Gasteiger partial charge in [-0.3, -0.25) is 30.1 Å². The number of amides is 3. The van der Waals surface area contributed by atoms with Crippen molar-refractivity contribution in [2.24, 2.45) is 0 Å². The van der Waals surface area contributed by atoms with Gasteiger partial charge in [0, 0.05) is 5.56 Å². The van der Waals surface area contributed by atoms with Crippen molar-refractivity contribution >= 4 is 52.1 Å². The molecule has 1 aliphatic heterocycles. The number of hydrogen-bond donors (Lipinski definition) is 2. The molecule has 2 N–H and O–H groups in total. The van der Waals surface area contributed by atoms with Crippen molar-refractivity contribution in [3.63, 3.8) is 0 Å². The van der Waals surface area contributed by atoms with Gasteiger partial charge < -0.3 is 0 Å². The molecule has 31 heavy (non-hydrogen) atoms. The highest BCUT2D eigenvalue weighted by Gasteiger charge is 2.33. The summed E-state index contributed by atoms with van der Waals surface area (Å²) in [6.07, 6.45) is 3.66. The number of allylic oxidation sites excluding steroid dienone is 2. The molecule has 0 aromatic heterocycles. The van der Waals surface area contributed by atoms with E-state index in [4.69, 9.17) is 12.2 Å². The first-order valence-corrected chi connectivity index (χ1v) is 10.4. The van der Waals surface area contributed by atoms with Crippen LogP contribution in [0.5, 0.6) is 0 Å². The van der Waals surface area contributed by atoms with Crippen molar-refractivity contribution in [1.82, 2.24) is 15.8 Å². The molecule has 1 heterocycles. The topological polar surface area (TPSA) is 78.5 Å². The van der Waals surface area contributed by atoms with Gasteiger partial charge in [-0.05, 0) is 48.4 Å². The molecule has 0 atom stereocenters. The predicted molar refractivity (Wildman–Crippen MR) is 122 cm³/mol. The normalized spacial score (nSPS) is 15.4. The van der Waals surface area contributed by atoms with Crippen molar-refractivity contribution < 1.29 is 18.8 Å². The summed E-state index contributed by atoms with van der Waals surface area (Å²) < 4.78 is 13.2. The largest absolute Gasteiger partial charge is 0.283 e. The lowest BCUT2D eigenvalue weighted by Gasteiger charge is -2.14. The van der Waals surface area contributed by atoms with Crippen LogP contribution in [-0.4, -0.2) is 33.5 Å². The Morgan fingerprint density at radius 2 is 1.77 bits per heavy atom. The zero-order chi connectivity index (χ0) is 22.4. The number of thioether (sulfide) groups is 1.